The quantitative estimate of drug-likeness (QED) is 0.380. The zero-order valence-corrected chi connectivity index (χ0v) is 23.5. The molecule has 2 aromatic rings. The number of carbonyl (C=O) groups is 1. The molecule has 8 heteroatoms. The van der Waals surface area contributed by atoms with Crippen LogP contribution in [0.25, 0.3) is 10.8 Å². The number of fused-ring (bicyclic) bond motifs is 1. The second-order valence-corrected chi connectivity index (χ2v) is 12.6. The molecule has 1 amide bonds. The first-order valence-corrected chi connectivity index (χ1v) is 14.2. The second kappa shape index (κ2) is 11.2. The van der Waals surface area contributed by atoms with Gasteiger partial charge in [-0.3, -0.25) is 4.90 Å². The Morgan fingerprint density at radius 1 is 0.923 bits per heavy atom. The van der Waals surface area contributed by atoms with Crippen molar-refractivity contribution in [2.24, 2.45) is 11.8 Å². The lowest BCUT2D eigenvalue weighted by Gasteiger charge is -2.46. The highest BCUT2D eigenvalue weighted by molar-refractivity contribution is 5.89. The summed E-state index contributed by atoms with van der Waals surface area (Å²) in [6, 6.07) is 7.38. The van der Waals surface area contributed by atoms with Gasteiger partial charge < -0.3 is 14.9 Å². The summed E-state index contributed by atoms with van der Waals surface area (Å²) in [6.45, 7) is 6.19. The second-order valence-electron chi connectivity index (χ2n) is 12.6. The van der Waals surface area contributed by atoms with E-state index in [4.69, 9.17) is 4.74 Å². The Labute approximate surface area is 229 Å². The molecule has 0 bridgehead atoms. The monoisotopic (exact) mass is 549 g/mol. The van der Waals surface area contributed by atoms with Crippen LogP contribution >= 0.6 is 0 Å². The molecule has 2 aliphatic carbocycles. The van der Waals surface area contributed by atoms with Crippen molar-refractivity contribution in [2.45, 2.75) is 109 Å². The van der Waals surface area contributed by atoms with Gasteiger partial charge in [-0.25, -0.2) is 4.79 Å². The van der Waals surface area contributed by atoms with Crippen molar-refractivity contribution in [3.8, 4) is 5.75 Å². The maximum absolute atomic E-state index is 14.4. The van der Waals surface area contributed by atoms with Crippen molar-refractivity contribution in [1.29, 1.82) is 0 Å². The number of amides is 1. The summed E-state index contributed by atoms with van der Waals surface area (Å²) in [4.78, 5) is 13.3. The molecule has 2 aromatic carbocycles. The van der Waals surface area contributed by atoms with Gasteiger partial charge in [0.25, 0.3) is 0 Å². The molecule has 1 atom stereocenters. The van der Waals surface area contributed by atoms with Gasteiger partial charge in [-0.05, 0) is 93.7 Å². The van der Waals surface area contributed by atoms with E-state index in [0.717, 1.165) is 36.5 Å². The Kier molecular flexibility index (Phi) is 8.46. The van der Waals surface area contributed by atoms with Crippen LogP contribution in [-0.4, -0.2) is 39.5 Å². The van der Waals surface area contributed by atoms with Gasteiger partial charge in [-0.1, -0.05) is 50.3 Å². The van der Waals surface area contributed by atoms with Crippen molar-refractivity contribution in [2.75, 3.05) is 6.61 Å². The van der Waals surface area contributed by atoms with Gasteiger partial charge in [0, 0.05) is 5.54 Å². The fourth-order valence-corrected chi connectivity index (χ4v) is 7.03. The molecule has 2 aliphatic rings. The third-order valence-electron chi connectivity index (χ3n) is 8.88. The predicted octanol–water partition coefficient (Wildman–Crippen LogP) is 8.36. The van der Waals surface area contributed by atoms with Crippen LogP contribution in [0.3, 0.4) is 0 Å². The highest BCUT2D eigenvalue weighted by Crippen LogP contribution is 2.45. The van der Waals surface area contributed by atoms with E-state index in [1.807, 2.05) is 0 Å². The van der Waals surface area contributed by atoms with E-state index in [0.29, 0.717) is 16.9 Å². The number of hydrogen-bond acceptors (Lipinski definition) is 3. The van der Waals surface area contributed by atoms with E-state index < -0.39 is 35.5 Å². The van der Waals surface area contributed by atoms with E-state index in [1.54, 1.807) is 39.8 Å². The molecule has 0 saturated heterocycles. The minimum atomic E-state index is -4.63. The molecule has 2 fully saturated rings. The van der Waals surface area contributed by atoms with Crippen LogP contribution < -0.4 is 4.74 Å². The first-order valence-electron chi connectivity index (χ1n) is 14.2. The van der Waals surface area contributed by atoms with Gasteiger partial charge in [0.15, 0.2) is 0 Å². The third kappa shape index (κ3) is 6.16. The molecule has 0 aliphatic heterocycles. The molecule has 0 unspecified atom stereocenters. The summed E-state index contributed by atoms with van der Waals surface area (Å²) < 4.78 is 49.3. The SMILES string of the molecule is CC(C)(C)N(C(=O)O)[C@@](C)(CO)c1ccc2c(C(F)(F)F)c(O[C@H]3CC[C@H](C4CCCCC4)CC3)ccc2c1. The topological polar surface area (TPSA) is 70.0 Å². The Morgan fingerprint density at radius 2 is 1.54 bits per heavy atom. The standard InChI is InChI=1S/C31H42F3NO4/c1-29(2,3)35(28(37)38)30(4,19-36)23-13-16-25-22(18-23)12-17-26(27(25)31(32,33)34)39-24-14-10-21(11-15-24)20-8-6-5-7-9-20/h12-13,16-18,20-21,24,36H,5-11,14-15,19H2,1-4H3,(H,37,38)/t21-,24-,30-/m0/s1. The number of carboxylic acid groups (broad SMARTS) is 1. The average Bonchev–Trinajstić information content (AvgIpc) is 2.87. The van der Waals surface area contributed by atoms with Gasteiger partial charge in [-0.2, -0.15) is 13.2 Å². The van der Waals surface area contributed by atoms with Crippen LogP contribution in [0, 0.1) is 11.8 Å². The minimum Gasteiger partial charge on any atom is -0.490 e. The molecule has 0 spiro atoms. The lowest BCUT2D eigenvalue weighted by molar-refractivity contribution is -0.138. The van der Waals surface area contributed by atoms with Crippen LogP contribution in [0.5, 0.6) is 5.75 Å². The number of benzene rings is 2. The summed E-state index contributed by atoms with van der Waals surface area (Å²) >= 11 is 0. The van der Waals surface area contributed by atoms with Gasteiger partial charge in [0.1, 0.15) is 11.3 Å². The Morgan fingerprint density at radius 3 is 2.08 bits per heavy atom. The molecule has 0 radical (unpaired) electrons. The number of ether oxygens (including phenoxy) is 1. The van der Waals surface area contributed by atoms with Gasteiger partial charge in [-0.15, -0.1) is 0 Å². The van der Waals surface area contributed by atoms with Crippen molar-refractivity contribution in [1.82, 2.24) is 4.90 Å². The zero-order chi connectivity index (χ0) is 28.6. The summed E-state index contributed by atoms with van der Waals surface area (Å²) in [5.74, 6) is 1.25. The first-order chi connectivity index (χ1) is 18.3. The number of hydrogen-bond donors (Lipinski definition) is 2. The highest BCUT2D eigenvalue weighted by atomic mass is 19.4. The number of aliphatic hydroxyl groups is 1. The predicted molar refractivity (Wildman–Crippen MR) is 146 cm³/mol. The van der Waals surface area contributed by atoms with E-state index in [1.165, 1.54) is 50.3 Å². The molecule has 2 N–H and O–H groups in total. The van der Waals surface area contributed by atoms with Crippen molar-refractivity contribution in [3.05, 3.63) is 41.5 Å². The fourth-order valence-electron chi connectivity index (χ4n) is 7.03. The Bertz CT molecular complexity index is 1160. The summed E-state index contributed by atoms with van der Waals surface area (Å²) in [5, 5.41) is 20.5. The van der Waals surface area contributed by atoms with E-state index in [-0.39, 0.29) is 17.2 Å². The van der Waals surface area contributed by atoms with Crippen molar-refractivity contribution < 1.29 is 32.9 Å². The van der Waals surface area contributed by atoms with E-state index >= 15 is 0 Å². The lowest BCUT2D eigenvalue weighted by Crippen LogP contribution is -2.58. The maximum Gasteiger partial charge on any atom is 0.420 e. The molecule has 216 valence electrons. The number of aliphatic hydroxyl groups excluding tert-OH is 1. The van der Waals surface area contributed by atoms with Crippen molar-refractivity contribution in [3.63, 3.8) is 0 Å². The largest absolute Gasteiger partial charge is 0.490 e. The fraction of sp³-hybridized carbons (Fsp3) is 0.645. The summed E-state index contributed by atoms with van der Waals surface area (Å²) in [5.41, 5.74) is -2.61. The molecule has 4 rings (SSSR count). The number of nitrogens with zero attached hydrogens (tertiary/aromatic N) is 1. The highest BCUT2D eigenvalue weighted by Gasteiger charge is 2.44. The van der Waals surface area contributed by atoms with Gasteiger partial charge >= 0.3 is 12.3 Å². The molecular formula is C31H42F3NO4. The summed E-state index contributed by atoms with van der Waals surface area (Å²) in [6.07, 6.45) is 3.88. The zero-order valence-electron chi connectivity index (χ0n) is 23.5. The molecular weight excluding hydrogens is 507 g/mol. The minimum absolute atomic E-state index is 0.00225. The summed E-state index contributed by atoms with van der Waals surface area (Å²) in [7, 11) is 0. The molecule has 0 heterocycles. The van der Waals surface area contributed by atoms with Crippen LogP contribution in [0.4, 0.5) is 18.0 Å². The van der Waals surface area contributed by atoms with Gasteiger partial charge in [0.05, 0.1) is 18.2 Å². The van der Waals surface area contributed by atoms with Crippen LogP contribution in [0.1, 0.15) is 96.6 Å². The first kappa shape index (κ1) is 29.5. The Balaban J connectivity index is 1.63. The normalized spacial score (nSPS) is 22.9. The van der Waals surface area contributed by atoms with E-state index in [9.17, 15) is 28.2 Å². The van der Waals surface area contributed by atoms with Crippen LogP contribution in [0.15, 0.2) is 30.3 Å². The lowest BCUT2D eigenvalue weighted by atomic mass is 9.73. The number of alkyl halides is 3. The van der Waals surface area contributed by atoms with Gasteiger partial charge in [0.2, 0.25) is 0 Å². The molecule has 5 nitrogen and oxygen atoms in total. The smallest absolute Gasteiger partial charge is 0.420 e. The maximum atomic E-state index is 14.4. The van der Waals surface area contributed by atoms with Crippen molar-refractivity contribution >= 4 is 16.9 Å². The van der Waals surface area contributed by atoms with Crippen LogP contribution in [-0.2, 0) is 11.7 Å². The third-order valence-corrected chi connectivity index (χ3v) is 8.88. The Hall–Kier alpha value is -2.48. The average molecular weight is 550 g/mol. The van der Waals surface area contributed by atoms with E-state index in [2.05, 4.69) is 0 Å². The molecule has 2 saturated carbocycles. The molecule has 0 aromatic heterocycles. The number of rotatable bonds is 6. The molecule has 39 heavy (non-hydrogen) atoms. The van der Waals surface area contributed by atoms with Crippen LogP contribution in [0.2, 0.25) is 0 Å². The number of halogens is 3.